The van der Waals surface area contributed by atoms with Gasteiger partial charge in [0.2, 0.25) is 0 Å². The molecule has 72 valence electrons. The maximum atomic E-state index is 5.40. The number of hydrogen-bond donors (Lipinski definition) is 1. The molecule has 1 aromatic heterocycles. The molecule has 0 spiro atoms. The van der Waals surface area contributed by atoms with Crippen molar-refractivity contribution < 1.29 is 0 Å². The van der Waals surface area contributed by atoms with Gasteiger partial charge in [0, 0.05) is 24.0 Å². The monoisotopic (exact) mass is 180 g/mol. The molecule has 2 N–H and O–H groups in total. The van der Waals surface area contributed by atoms with E-state index in [9.17, 15) is 0 Å². The summed E-state index contributed by atoms with van der Waals surface area (Å²) in [6.07, 6.45) is 3.82. The SMILES string of the molecule is CC(C)=NCc1cnn(CCN)c1. The van der Waals surface area contributed by atoms with Crippen LogP contribution < -0.4 is 5.73 Å². The highest BCUT2D eigenvalue weighted by Gasteiger charge is 1.95. The van der Waals surface area contributed by atoms with Crippen LogP contribution in [0.25, 0.3) is 0 Å². The molecule has 1 aromatic rings. The summed E-state index contributed by atoms with van der Waals surface area (Å²) < 4.78 is 1.84. The van der Waals surface area contributed by atoms with Gasteiger partial charge in [-0.1, -0.05) is 0 Å². The normalized spacial score (nSPS) is 10.1. The summed E-state index contributed by atoms with van der Waals surface area (Å²) in [5.74, 6) is 0. The van der Waals surface area contributed by atoms with Crippen molar-refractivity contribution in [3.8, 4) is 0 Å². The second kappa shape index (κ2) is 4.77. The summed E-state index contributed by atoms with van der Waals surface area (Å²) in [5, 5.41) is 4.15. The van der Waals surface area contributed by atoms with Gasteiger partial charge in [-0.15, -0.1) is 0 Å². The van der Waals surface area contributed by atoms with Gasteiger partial charge in [0.15, 0.2) is 0 Å². The Balaban J connectivity index is 2.53. The van der Waals surface area contributed by atoms with Gasteiger partial charge >= 0.3 is 0 Å². The third-order valence-electron chi connectivity index (χ3n) is 1.62. The molecule has 0 aromatic carbocycles. The van der Waals surface area contributed by atoms with E-state index in [0.717, 1.165) is 17.8 Å². The van der Waals surface area contributed by atoms with Crippen molar-refractivity contribution in [3.05, 3.63) is 18.0 Å². The smallest absolute Gasteiger partial charge is 0.0669 e. The Morgan fingerprint density at radius 2 is 2.38 bits per heavy atom. The molecule has 0 bridgehead atoms. The van der Waals surface area contributed by atoms with Gasteiger partial charge < -0.3 is 5.73 Å². The van der Waals surface area contributed by atoms with Crippen molar-refractivity contribution in [2.45, 2.75) is 26.9 Å². The zero-order valence-corrected chi connectivity index (χ0v) is 8.20. The van der Waals surface area contributed by atoms with Crippen molar-refractivity contribution in [2.24, 2.45) is 10.7 Å². The third kappa shape index (κ3) is 3.38. The van der Waals surface area contributed by atoms with Crippen LogP contribution in [0.15, 0.2) is 17.4 Å². The second-order valence-electron chi connectivity index (χ2n) is 3.16. The number of rotatable bonds is 4. The minimum atomic E-state index is 0.622. The quantitative estimate of drug-likeness (QED) is 0.697. The van der Waals surface area contributed by atoms with E-state index < -0.39 is 0 Å². The molecule has 0 aliphatic carbocycles. The highest BCUT2D eigenvalue weighted by molar-refractivity contribution is 5.79. The summed E-state index contributed by atoms with van der Waals surface area (Å²) in [6, 6.07) is 0. The predicted octanol–water partition coefficient (Wildman–Crippen LogP) is 0.823. The third-order valence-corrected chi connectivity index (χ3v) is 1.62. The molecule has 0 unspecified atom stereocenters. The molecule has 0 saturated heterocycles. The van der Waals surface area contributed by atoms with E-state index in [1.165, 1.54) is 0 Å². The zero-order chi connectivity index (χ0) is 9.68. The molecular formula is C9H16N4. The zero-order valence-electron chi connectivity index (χ0n) is 8.20. The fraction of sp³-hybridized carbons (Fsp3) is 0.556. The first-order chi connectivity index (χ1) is 6.22. The summed E-state index contributed by atoms with van der Waals surface area (Å²) in [7, 11) is 0. The largest absolute Gasteiger partial charge is 0.329 e. The molecule has 4 heteroatoms. The van der Waals surface area contributed by atoms with Crippen molar-refractivity contribution >= 4 is 5.71 Å². The first kappa shape index (κ1) is 9.92. The number of nitrogens with zero attached hydrogens (tertiary/aromatic N) is 3. The Bertz CT molecular complexity index is 284. The molecular weight excluding hydrogens is 164 g/mol. The molecule has 0 saturated carbocycles. The number of hydrogen-bond acceptors (Lipinski definition) is 3. The van der Waals surface area contributed by atoms with Crippen LogP contribution in [0.4, 0.5) is 0 Å². The standard InChI is InChI=1S/C9H16N4/c1-8(2)11-5-9-6-12-13(7-9)4-3-10/h6-7H,3-5,10H2,1-2H3. The van der Waals surface area contributed by atoms with Gasteiger partial charge in [0.1, 0.15) is 0 Å². The van der Waals surface area contributed by atoms with Crippen LogP contribution in [0, 0.1) is 0 Å². The summed E-state index contributed by atoms with van der Waals surface area (Å²) in [4.78, 5) is 4.30. The van der Waals surface area contributed by atoms with E-state index in [0.29, 0.717) is 13.1 Å². The van der Waals surface area contributed by atoms with Gasteiger partial charge in [0.05, 0.1) is 19.3 Å². The van der Waals surface area contributed by atoms with Gasteiger partial charge in [0.25, 0.3) is 0 Å². The van der Waals surface area contributed by atoms with Crippen LogP contribution in [-0.4, -0.2) is 22.0 Å². The van der Waals surface area contributed by atoms with Gasteiger partial charge in [-0.2, -0.15) is 5.10 Å². The minimum Gasteiger partial charge on any atom is -0.329 e. The van der Waals surface area contributed by atoms with Crippen molar-refractivity contribution in [3.63, 3.8) is 0 Å². The Morgan fingerprint density at radius 3 is 3.00 bits per heavy atom. The summed E-state index contributed by atoms with van der Waals surface area (Å²) in [6.45, 7) is 6.09. The highest BCUT2D eigenvalue weighted by Crippen LogP contribution is 1.99. The molecule has 0 amide bonds. The van der Waals surface area contributed by atoms with Gasteiger partial charge in [-0.05, 0) is 13.8 Å². The topological polar surface area (TPSA) is 56.2 Å². The number of aliphatic imine (C=N–C) groups is 1. The molecule has 0 fully saturated rings. The molecule has 0 atom stereocenters. The molecule has 1 heterocycles. The molecule has 1 rings (SSSR count). The Morgan fingerprint density at radius 1 is 1.62 bits per heavy atom. The molecule has 13 heavy (non-hydrogen) atoms. The lowest BCUT2D eigenvalue weighted by atomic mass is 10.3. The van der Waals surface area contributed by atoms with Crippen LogP contribution in [0.3, 0.4) is 0 Å². The maximum Gasteiger partial charge on any atom is 0.0669 e. The van der Waals surface area contributed by atoms with Crippen LogP contribution in [0.1, 0.15) is 19.4 Å². The summed E-state index contributed by atoms with van der Waals surface area (Å²) in [5.41, 5.74) is 7.63. The highest BCUT2D eigenvalue weighted by atomic mass is 15.3. The van der Waals surface area contributed by atoms with Crippen molar-refractivity contribution in [1.82, 2.24) is 9.78 Å². The fourth-order valence-electron chi connectivity index (χ4n) is 0.992. The molecule has 0 radical (unpaired) electrons. The molecule has 0 aliphatic rings. The van der Waals surface area contributed by atoms with Crippen LogP contribution in [-0.2, 0) is 13.1 Å². The van der Waals surface area contributed by atoms with Gasteiger partial charge in [-0.25, -0.2) is 0 Å². The average molecular weight is 180 g/mol. The first-order valence-electron chi connectivity index (χ1n) is 4.41. The lowest BCUT2D eigenvalue weighted by Gasteiger charge is -1.94. The molecule has 4 nitrogen and oxygen atoms in total. The number of nitrogens with two attached hydrogens (primary N) is 1. The van der Waals surface area contributed by atoms with Gasteiger partial charge in [-0.3, -0.25) is 9.67 Å². The fourth-order valence-corrected chi connectivity index (χ4v) is 0.992. The maximum absolute atomic E-state index is 5.40. The second-order valence-corrected chi connectivity index (χ2v) is 3.16. The lowest BCUT2D eigenvalue weighted by Crippen LogP contribution is -2.09. The van der Waals surface area contributed by atoms with Crippen LogP contribution >= 0.6 is 0 Å². The Labute approximate surface area is 78.5 Å². The van der Waals surface area contributed by atoms with E-state index in [4.69, 9.17) is 5.73 Å². The Kier molecular flexibility index (Phi) is 3.64. The van der Waals surface area contributed by atoms with Crippen LogP contribution in [0.2, 0.25) is 0 Å². The van der Waals surface area contributed by atoms with Crippen molar-refractivity contribution in [2.75, 3.05) is 6.54 Å². The van der Waals surface area contributed by atoms with E-state index in [2.05, 4.69) is 10.1 Å². The summed E-state index contributed by atoms with van der Waals surface area (Å²) >= 11 is 0. The number of aromatic nitrogens is 2. The minimum absolute atomic E-state index is 0.622. The van der Waals surface area contributed by atoms with Crippen molar-refractivity contribution in [1.29, 1.82) is 0 Å². The van der Waals surface area contributed by atoms with E-state index in [1.54, 1.807) is 0 Å². The van der Waals surface area contributed by atoms with E-state index in [-0.39, 0.29) is 0 Å². The lowest BCUT2D eigenvalue weighted by molar-refractivity contribution is 0.624. The average Bonchev–Trinajstić information content (AvgIpc) is 2.50. The predicted molar refractivity (Wildman–Crippen MR) is 53.8 cm³/mol. The van der Waals surface area contributed by atoms with Crippen LogP contribution in [0.5, 0.6) is 0 Å². The first-order valence-corrected chi connectivity index (χ1v) is 4.41. The Hall–Kier alpha value is -1.16. The van der Waals surface area contributed by atoms with E-state index >= 15 is 0 Å². The van der Waals surface area contributed by atoms with E-state index in [1.807, 2.05) is 30.9 Å². The molecule has 0 aliphatic heterocycles.